The van der Waals surface area contributed by atoms with Crippen LogP contribution in [0.4, 0.5) is 10.1 Å². The summed E-state index contributed by atoms with van der Waals surface area (Å²) in [4.78, 5) is 6.69. The van der Waals surface area contributed by atoms with Gasteiger partial charge in [0.2, 0.25) is 0 Å². The maximum absolute atomic E-state index is 14.2. The summed E-state index contributed by atoms with van der Waals surface area (Å²) in [7, 11) is 2.00. The summed E-state index contributed by atoms with van der Waals surface area (Å²) in [6.45, 7) is 1.19. The van der Waals surface area contributed by atoms with Crippen molar-refractivity contribution in [1.29, 1.82) is 0 Å². The Morgan fingerprint density at radius 1 is 1.10 bits per heavy atom. The average Bonchev–Trinajstić information content (AvgIpc) is 2.48. The fourth-order valence-corrected chi connectivity index (χ4v) is 2.90. The molecule has 0 amide bonds. The molecule has 4 heteroatoms. The summed E-state index contributed by atoms with van der Waals surface area (Å²) in [5.74, 6) is -0.264. The van der Waals surface area contributed by atoms with E-state index in [0.29, 0.717) is 24.4 Å². The molecule has 2 nitrogen and oxygen atoms in total. The van der Waals surface area contributed by atoms with Gasteiger partial charge in [-0.15, -0.1) is 11.6 Å². The smallest absolute Gasteiger partial charge is 0.132 e. The van der Waals surface area contributed by atoms with E-state index in [2.05, 4.69) is 9.89 Å². The zero-order chi connectivity index (χ0) is 14.8. The maximum Gasteiger partial charge on any atom is 0.132 e. The van der Waals surface area contributed by atoms with Crippen LogP contribution in [-0.4, -0.2) is 31.2 Å². The van der Waals surface area contributed by atoms with Crippen molar-refractivity contribution in [3.63, 3.8) is 0 Å². The van der Waals surface area contributed by atoms with Crippen LogP contribution < -0.4 is 4.90 Å². The molecule has 0 aromatic heterocycles. The minimum atomic E-state index is -0.264. The van der Waals surface area contributed by atoms with Gasteiger partial charge in [0, 0.05) is 30.4 Å². The Bertz CT molecular complexity index is 684. The molecular formula is C17H16ClFN2. The highest BCUT2D eigenvalue weighted by atomic mass is 35.5. The Morgan fingerprint density at radius 2 is 1.76 bits per heavy atom. The van der Waals surface area contributed by atoms with Crippen molar-refractivity contribution in [3.05, 3.63) is 65.5 Å². The number of halogens is 2. The van der Waals surface area contributed by atoms with E-state index in [9.17, 15) is 4.39 Å². The van der Waals surface area contributed by atoms with Gasteiger partial charge in [0.15, 0.2) is 0 Å². The molecule has 2 aromatic rings. The first-order chi connectivity index (χ1) is 10.2. The van der Waals surface area contributed by atoms with Gasteiger partial charge in [-0.05, 0) is 18.2 Å². The number of rotatable bonds is 1. The van der Waals surface area contributed by atoms with E-state index < -0.39 is 0 Å². The van der Waals surface area contributed by atoms with Crippen LogP contribution >= 0.6 is 11.6 Å². The topological polar surface area (TPSA) is 15.6 Å². The molecule has 1 aliphatic rings. The highest BCUT2D eigenvalue weighted by molar-refractivity contribution is 6.22. The molecular weight excluding hydrogens is 287 g/mol. The molecule has 1 unspecified atom stereocenters. The van der Waals surface area contributed by atoms with Gasteiger partial charge in [0.1, 0.15) is 5.82 Å². The monoisotopic (exact) mass is 302 g/mol. The predicted molar refractivity (Wildman–Crippen MR) is 86.3 cm³/mol. The van der Waals surface area contributed by atoms with Gasteiger partial charge < -0.3 is 4.90 Å². The van der Waals surface area contributed by atoms with Crippen LogP contribution in [0.1, 0.15) is 11.1 Å². The standard InChI is InChI=1S/C17H16ClFN2/c1-21-11-12(18)10-20-17(13-6-2-4-8-15(13)19)14-7-3-5-9-16(14)21/h2-9,12H,10-11H2,1H3. The molecule has 0 fully saturated rings. The summed E-state index contributed by atoms with van der Waals surface area (Å²) in [6.07, 6.45) is 0. The van der Waals surface area contributed by atoms with E-state index in [-0.39, 0.29) is 11.2 Å². The molecule has 0 radical (unpaired) electrons. The second-order valence-electron chi connectivity index (χ2n) is 5.16. The third kappa shape index (κ3) is 2.79. The Kier molecular flexibility index (Phi) is 3.93. The fourth-order valence-electron chi connectivity index (χ4n) is 2.62. The van der Waals surface area contributed by atoms with E-state index in [1.54, 1.807) is 12.1 Å². The molecule has 1 aliphatic heterocycles. The molecule has 1 heterocycles. The number of nitrogens with zero attached hydrogens (tertiary/aromatic N) is 2. The van der Waals surface area contributed by atoms with Crippen LogP contribution in [0.5, 0.6) is 0 Å². The van der Waals surface area contributed by atoms with Gasteiger partial charge in [0.25, 0.3) is 0 Å². The highest BCUT2D eigenvalue weighted by Gasteiger charge is 2.21. The van der Waals surface area contributed by atoms with E-state index in [1.807, 2.05) is 37.4 Å². The van der Waals surface area contributed by atoms with Crippen LogP contribution in [0, 0.1) is 5.82 Å². The summed E-state index contributed by atoms with van der Waals surface area (Å²) in [5.41, 5.74) is 3.14. The number of fused-ring (bicyclic) bond motifs is 1. The van der Waals surface area contributed by atoms with Crippen molar-refractivity contribution in [3.8, 4) is 0 Å². The van der Waals surface area contributed by atoms with Crippen LogP contribution in [0.3, 0.4) is 0 Å². The number of benzene rings is 2. The van der Waals surface area contributed by atoms with E-state index in [1.165, 1.54) is 6.07 Å². The van der Waals surface area contributed by atoms with Crippen molar-refractivity contribution in [1.82, 2.24) is 0 Å². The predicted octanol–water partition coefficient (Wildman–Crippen LogP) is 3.72. The fraction of sp³-hybridized carbons (Fsp3) is 0.235. The SMILES string of the molecule is CN1CC(Cl)CN=C(c2ccccc2F)c2ccccc21. The number of hydrogen-bond donors (Lipinski definition) is 0. The van der Waals surface area contributed by atoms with Crippen molar-refractivity contribution in [2.24, 2.45) is 4.99 Å². The van der Waals surface area contributed by atoms with Gasteiger partial charge in [-0.25, -0.2) is 4.39 Å². The largest absolute Gasteiger partial charge is 0.372 e. The highest BCUT2D eigenvalue weighted by Crippen LogP contribution is 2.26. The second kappa shape index (κ2) is 5.86. The van der Waals surface area contributed by atoms with Crippen LogP contribution in [0.25, 0.3) is 0 Å². The van der Waals surface area contributed by atoms with Crippen molar-refractivity contribution >= 4 is 23.0 Å². The van der Waals surface area contributed by atoms with Gasteiger partial charge in [0.05, 0.1) is 17.6 Å². The maximum atomic E-state index is 14.2. The lowest BCUT2D eigenvalue weighted by molar-refractivity contribution is 0.625. The molecule has 0 aliphatic carbocycles. The number of aliphatic imine (C=N–C) groups is 1. The van der Waals surface area contributed by atoms with E-state index >= 15 is 0 Å². The molecule has 0 saturated heterocycles. The summed E-state index contributed by atoms with van der Waals surface area (Å²) in [6, 6.07) is 14.6. The average molecular weight is 303 g/mol. The number of para-hydroxylation sites is 1. The van der Waals surface area contributed by atoms with Gasteiger partial charge >= 0.3 is 0 Å². The van der Waals surface area contributed by atoms with Crippen molar-refractivity contribution in [2.75, 3.05) is 25.0 Å². The first-order valence-electron chi connectivity index (χ1n) is 6.91. The normalized spacial score (nSPS) is 18.5. The van der Waals surface area contributed by atoms with Gasteiger partial charge in [-0.3, -0.25) is 4.99 Å². The van der Waals surface area contributed by atoms with Gasteiger partial charge in [-0.1, -0.05) is 30.3 Å². The number of alkyl halides is 1. The first-order valence-corrected chi connectivity index (χ1v) is 7.34. The molecule has 1 atom stereocenters. The molecule has 0 N–H and O–H groups in total. The molecule has 0 saturated carbocycles. The Hall–Kier alpha value is -1.87. The summed E-state index contributed by atoms with van der Waals surface area (Å²) < 4.78 is 14.2. The molecule has 3 rings (SSSR count). The Balaban J connectivity index is 2.20. The van der Waals surface area contributed by atoms with Crippen LogP contribution in [0.15, 0.2) is 53.5 Å². The minimum Gasteiger partial charge on any atom is -0.372 e. The summed E-state index contributed by atoms with van der Waals surface area (Å²) in [5, 5.41) is -0.0925. The second-order valence-corrected chi connectivity index (χ2v) is 5.78. The van der Waals surface area contributed by atoms with Crippen LogP contribution in [-0.2, 0) is 0 Å². The quantitative estimate of drug-likeness (QED) is 0.733. The lowest BCUT2D eigenvalue weighted by Gasteiger charge is -2.27. The molecule has 0 bridgehead atoms. The minimum absolute atomic E-state index is 0.0925. The van der Waals surface area contributed by atoms with Crippen LogP contribution in [0.2, 0.25) is 0 Å². The Labute approximate surface area is 128 Å². The number of anilines is 1. The third-order valence-corrected chi connectivity index (χ3v) is 3.89. The lowest BCUT2D eigenvalue weighted by Crippen LogP contribution is -2.31. The lowest BCUT2D eigenvalue weighted by atomic mass is 9.98. The molecule has 0 spiro atoms. The van der Waals surface area contributed by atoms with E-state index in [4.69, 9.17) is 11.6 Å². The van der Waals surface area contributed by atoms with E-state index in [0.717, 1.165) is 11.3 Å². The molecule has 2 aromatic carbocycles. The van der Waals surface area contributed by atoms with Gasteiger partial charge in [-0.2, -0.15) is 0 Å². The summed E-state index contributed by atoms with van der Waals surface area (Å²) >= 11 is 6.31. The van der Waals surface area contributed by atoms with Crippen molar-refractivity contribution in [2.45, 2.75) is 5.38 Å². The molecule has 21 heavy (non-hydrogen) atoms. The van der Waals surface area contributed by atoms with Crippen molar-refractivity contribution < 1.29 is 4.39 Å². The first kappa shape index (κ1) is 14.1. The third-order valence-electron chi connectivity index (χ3n) is 3.62. The zero-order valence-electron chi connectivity index (χ0n) is 11.8. The zero-order valence-corrected chi connectivity index (χ0v) is 12.5. The number of hydrogen-bond acceptors (Lipinski definition) is 2. The Morgan fingerprint density at radius 3 is 2.52 bits per heavy atom. The molecule has 108 valence electrons.